The monoisotopic (exact) mass is 362 g/mol. The van der Waals surface area contributed by atoms with E-state index < -0.39 is 23.2 Å². The van der Waals surface area contributed by atoms with E-state index in [0.29, 0.717) is 3.63 Å². The standard InChI is InChI=1S/C13H9.C8H11.Zr/c1-3-7-12-10(5-1)9-11-6-2-4-8-13(11)12;1-2-5-8-6-3-4-7-8;/h1-9H;6-7H,2-3,5H2,1H3;. The molecule has 0 aliphatic heterocycles. The van der Waals surface area contributed by atoms with E-state index in [1.165, 1.54) is 30.4 Å². The van der Waals surface area contributed by atoms with Crippen LogP contribution in [0, 0.1) is 0 Å². The van der Waals surface area contributed by atoms with Crippen LogP contribution in [0.3, 0.4) is 0 Å². The summed E-state index contributed by atoms with van der Waals surface area (Å²) in [6.07, 6.45) is 8.73. The van der Waals surface area contributed by atoms with Crippen LogP contribution in [0.5, 0.6) is 0 Å². The van der Waals surface area contributed by atoms with Crippen LogP contribution < -0.4 is 0 Å². The van der Waals surface area contributed by atoms with E-state index in [4.69, 9.17) is 0 Å². The molecule has 2 aromatic rings. The summed E-state index contributed by atoms with van der Waals surface area (Å²) in [5.74, 6) is 0. The second-order valence-electron chi connectivity index (χ2n) is 6.15. The maximum absolute atomic E-state index is 2.53. The van der Waals surface area contributed by atoms with Gasteiger partial charge in [-0.15, -0.1) is 0 Å². The molecule has 0 N–H and O–H groups in total. The number of hydrogen-bond acceptors (Lipinski definition) is 0. The summed E-state index contributed by atoms with van der Waals surface area (Å²) in [4.78, 5) is 0. The molecule has 108 valence electrons. The van der Waals surface area contributed by atoms with Crippen LogP contribution in [0.4, 0.5) is 0 Å². The third-order valence-electron chi connectivity index (χ3n) is 4.65. The molecule has 4 rings (SSSR count). The van der Waals surface area contributed by atoms with Crippen LogP contribution in [-0.4, -0.2) is 0 Å². The Morgan fingerprint density at radius 1 is 0.955 bits per heavy atom. The van der Waals surface area contributed by atoms with E-state index in [2.05, 4.69) is 67.6 Å². The summed E-state index contributed by atoms with van der Waals surface area (Å²) in [7, 11) is 0. The third-order valence-corrected chi connectivity index (χ3v) is 8.65. The summed E-state index contributed by atoms with van der Waals surface area (Å²) in [6, 6.07) is 18.1. The Labute approximate surface area is 144 Å². The molecule has 1 heteroatoms. The van der Waals surface area contributed by atoms with Crippen molar-refractivity contribution in [3.05, 3.63) is 80.7 Å². The van der Waals surface area contributed by atoms with Crippen LogP contribution in [-0.2, 0) is 23.2 Å². The Balaban J connectivity index is 1.67. The molecule has 0 bridgehead atoms. The van der Waals surface area contributed by atoms with Gasteiger partial charge in [-0.2, -0.15) is 0 Å². The van der Waals surface area contributed by atoms with E-state index in [1.807, 2.05) is 0 Å². The molecule has 0 amide bonds. The van der Waals surface area contributed by atoms with Gasteiger partial charge in [0.2, 0.25) is 0 Å². The van der Waals surface area contributed by atoms with Gasteiger partial charge in [0.1, 0.15) is 0 Å². The van der Waals surface area contributed by atoms with Crippen molar-refractivity contribution in [2.24, 2.45) is 0 Å². The third kappa shape index (κ3) is 2.50. The van der Waals surface area contributed by atoms with Gasteiger partial charge in [0.15, 0.2) is 0 Å². The Kier molecular flexibility index (Phi) is 4.01. The second kappa shape index (κ2) is 6.13. The van der Waals surface area contributed by atoms with Crippen LogP contribution in [0.25, 0.3) is 11.1 Å². The topological polar surface area (TPSA) is 0 Å². The van der Waals surface area contributed by atoms with Crippen LogP contribution >= 0.6 is 0 Å². The normalized spacial score (nSPS) is 16.0. The number of hydrogen-bond donors (Lipinski definition) is 0. The van der Waals surface area contributed by atoms with Crippen LogP contribution in [0.2, 0.25) is 0 Å². The first-order valence-corrected chi connectivity index (χ1v) is 10.9. The van der Waals surface area contributed by atoms with Crippen molar-refractivity contribution in [1.29, 1.82) is 0 Å². The van der Waals surface area contributed by atoms with Gasteiger partial charge in [0, 0.05) is 0 Å². The average molecular weight is 364 g/mol. The van der Waals surface area contributed by atoms with Gasteiger partial charge < -0.3 is 0 Å². The van der Waals surface area contributed by atoms with Gasteiger partial charge in [-0.1, -0.05) is 0 Å². The molecule has 0 saturated carbocycles. The van der Waals surface area contributed by atoms with Gasteiger partial charge in [-0.05, 0) is 0 Å². The minimum atomic E-state index is -0.619. The Morgan fingerprint density at radius 2 is 1.59 bits per heavy atom. The first-order chi connectivity index (χ1) is 10.9. The van der Waals surface area contributed by atoms with Crippen molar-refractivity contribution in [2.45, 2.75) is 29.8 Å². The average Bonchev–Trinajstić information content (AvgIpc) is 3.12. The number of benzene rings is 2. The zero-order valence-corrected chi connectivity index (χ0v) is 15.4. The van der Waals surface area contributed by atoms with Gasteiger partial charge in [-0.3, -0.25) is 0 Å². The van der Waals surface area contributed by atoms with Crippen molar-refractivity contribution in [3.63, 3.8) is 0 Å². The van der Waals surface area contributed by atoms with Gasteiger partial charge in [0.25, 0.3) is 0 Å². The quantitative estimate of drug-likeness (QED) is 0.639. The summed E-state index contributed by atoms with van der Waals surface area (Å²) < 4.78 is 2.47. The van der Waals surface area contributed by atoms with E-state index in [1.54, 1.807) is 20.0 Å². The molecular weight excluding hydrogens is 343 g/mol. The fourth-order valence-corrected chi connectivity index (χ4v) is 7.76. The number of fused-ring (bicyclic) bond motifs is 3. The zero-order chi connectivity index (χ0) is 14.9. The summed E-state index contributed by atoms with van der Waals surface area (Å²) in [5, 5.41) is 0. The Morgan fingerprint density at radius 3 is 2.23 bits per heavy atom. The maximum atomic E-state index is 2.53. The fourth-order valence-electron chi connectivity index (χ4n) is 3.64. The summed E-state index contributed by atoms with van der Waals surface area (Å²) in [5.41, 5.74) is 7.70. The Bertz CT molecular complexity index is 721. The van der Waals surface area contributed by atoms with Gasteiger partial charge in [-0.25, -0.2) is 0 Å². The predicted octanol–water partition coefficient (Wildman–Crippen LogP) is 5.85. The minimum absolute atomic E-state index is 0.619. The van der Waals surface area contributed by atoms with E-state index in [0.717, 1.165) is 0 Å². The number of rotatable bonds is 4. The molecule has 0 atom stereocenters. The predicted molar refractivity (Wildman–Crippen MR) is 89.4 cm³/mol. The van der Waals surface area contributed by atoms with Crippen molar-refractivity contribution >= 4 is 0 Å². The molecule has 2 aliphatic carbocycles. The van der Waals surface area contributed by atoms with Crippen LogP contribution in [0.15, 0.2) is 69.5 Å². The molecular formula is C21H20Zr. The Hall–Kier alpha value is -1.20. The van der Waals surface area contributed by atoms with Gasteiger partial charge >= 0.3 is 145 Å². The van der Waals surface area contributed by atoms with Crippen molar-refractivity contribution < 1.29 is 23.2 Å². The molecule has 0 nitrogen and oxygen atoms in total. The molecule has 22 heavy (non-hydrogen) atoms. The molecule has 2 aromatic carbocycles. The van der Waals surface area contributed by atoms with E-state index in [9.17, 15) is 0 Å². The van der Waals surface area contributed by atoms with Crippen molar-refractivity contribution in [1.82, 2.24) is 0 Å². The van der Waals surface area contributed by atoms with Crippen LogP contribution in [0.1, 0.15) is 40.9 Å². The van der Waals surface area contributed by atoms with E-state index >= 15 is 0 Å². The molecule has 2 aliphatic rings. The molecule has 0 spiro atoms. The molecule has 0 unspecified atom stereocenters. The first kappa shape index (κ1) is 14.4. The molecule has 0 heterocycles. The molecule has 0 saturated heterocycles. The summed E-state index contributed by atoms with van der Waals surface area (Å²) >= 11 is -0.619. The molecule has 0 fully saturated rings. The molecule has 0 radical (unpaired) electrons. The van der Waals surface area contributed by atoms with Gasteiger partial charge in [0.05, 0.1) is 0 Å². The fraction of sp³-hybridized carbons (Fsp3) is 0.238. The van der Waals surface area contributed by atoms with E-state index in [-0.39, 0.29) is 0 Å². The molecule has 0 aromatic heterocycles. The number of allylic oxidation sites excluding steroid dienone is 4. The summed E-state index contributed by atoms with van der Waals surface area (Å²) in [6.45, 7) is 2.27. The second-order valence-corrected chi connectivity index (χ2v) is 9.86. The SMILES string of the molecule is CCCC1=CC[C]([Zr][CH]2c3ccccc3-c3ccccc32)=C1. The zero-order valence-electron chi connectivity index (χ0n) is 13.0. The van der Waals surface area contributed by atoms with Crippen molar-refractivity contribution in [2.75, 3.05) is 0 Å². The first-order valence-electron chi connectivity index (χ1n) is 8.21. The van der Waals surface area contributed by atoms with Crippen molar-refractivity contribution in [3.8, 4) is 11.1 Å².